The molecular formula is C14H17NO2. The molecule has 0 saturated heterocycles. The molecule has 0 bridgehead atoms. The van der Waals surface area contributed by atoms with Crippen molar-refractivity contribution in [1.82, 2.24) is 0 Å². The highest BCUT2D eigenvalue weighted by Gasteiger charge is 2.19. The Morgan fingerprint density at radius 2 is 2.12 bits per heavy atom. The lowest BCUT2D eigenvalue weighted by Crippen LogP contribution is -2.19. The highest BCUT2D eigenvalue weighted by Crippen LogP contribution is 2.10. The van der Waals surface area contributed by atoms with E-state index in [1.54, 1.807) is 0 Å². The summed E-state index contributed by atoms with van der Waals surface area (Å²) >= 11 is 0. The third kappa shape index (κ3) is 4.69. The van der Waals surface area contributed by atoms with Crippen molar-refractivity contribution in [2.75, 3.05) is 6.61 Å². The largest absolute Gasteiger partial charge is 0.465 e. The first-order valence-corrected chi connectivity index (χ1v) is 5.88. The molecule has 0 spiro atoms. The molecule has 0 aromatic heterocycles. The molecule has 0 saturated carbocycles. The number of hydrogen-bond donors (Lipinski definition) is 0. The van der Waals surface area contributed by atoms with Crippen LogP contribution in [0.2, 0.25) is 0 Å². The number of carbonyl (C=O) groups excluding carboxylic acids is 1. The number of benzene rings is 1. The Bertz CT molecular complexity index is 381. The molecule has 1 atom stereocenters. The van der Waals surface area contributed by atoms with Gasteiger partial charge in [0.25, 0.3) is 0 Å². The minimum absolute atomic E-state index is 0.405. The smallest absolute Gasteiger partial charge is 0.323 e. The van der Waals surface area contributed by atoms with Crippen LogP contribution in [0.3, 0.4) is 0 Å². The van der Waals surface area contributed by atoms with E-state index in [1.165, 1.54) is 0 Å². The van der Waals surface area contributed by atoms with Crippen LogP contribution in [0.5, 0.6) is 0 Å². The van der Waals surface area contributed by atoms with Crippen LogP contribution < -0.4 is 0 Å². The lowest BCUT2D eigenvalue weighted by atomic mass is 10.0. The summed E-state index contributed by atoms with van der Waals surface area (Å²) in [6, 6.07) is 11.5. The second kappa shape index (κ2) is 7.45. The lowest BCUT2D eigenvalue weighted by Gasteiger charge is -2.09. The molecule has 0 aliphatic heterocycles. The van der Waals surface area contributed by atoms with E-state index >= 15 is 0 Å². The third-order valence-electron chi connectivity index (χ3n) is 2.47. The molecule has 0 amide bonds. The van der Waals surface area contributed by atoms with E-state index in [-0.39, 0.29) is 0 Å². The van der Waals surface area contributed by atoms with Crippen molar-refractivity contribution >= 4 is 5.97 Å². The van der Waals surface area contributed by atoms with Gasteiger partial charge in [-0.1, -0.05) is 43.7 Å². The van der Waals surface area contributed by atoms with Crippen LogP contribution in [-0.4, -0.2) is 12.6 Å². The fourth-order valence-corrected chi connectivity index (χ4v) is 1.45. The van der Waals surface area contributed by atoms with E-state index in [9.17, 15) is 4.79 Å². The van der Waals surface area contributed by atoms with Crippen LogP contribution in [0.4, 0.5) is 0 Å². The van der Waals surface area contributed by atoms with Gasteiger partial charge in [-0.25, -0.2) is 0 Å². The van der Waals surface area contributed by atoms with Gasteiger partial charge in [0.15, 0.2) is 0 Å². The van der Waals surface area contributed by atoms with E-state index in [4.69, 9.17) is 10.00 Å². The van der Waals surface area contributed by atoms with Gasteiger partial charge in [-0.3, -0.25) is 4.79 Å². The molecule has 0 unspecified atom stereocenters. The summed E-state index contributed by atoms with van der Waals surface area (Å²) in [6.45, 7) is 2.43. The van der Waals surface area contributed by atoms with Gasteiger partial charge in [0, 0.05) is 0 Å². The van der Waals surface area contributed by atoms with Crippen LogP contribution in [0.1, 0.15) is 25.3 Å². The molecule has 0 radical (unpaired) electrons. The molecule has 0 aliphatic rings. The van der Waals surface area contributed by atoms with Crippen molar-refractivity contribution in [1.29, 1.82) is 5.26 Å². The Balaban J connectivity index is 2.49. The lowest BCUT2D eigenvalue weighted by molar-refractivity contribution is -0.146. The number of carbonyl (C=O) groups is 1. The van der Waals surface area contributed by atoms with Gasteiger partial charge in [-0.05, 0) is 18.4 Å². The first-order chi connectivity index (χ1) is 8.27. The zero-order valence-electron chi connectivity index (χ0n) is 10.1. The number of rotatable bonds is 6. The minimum Gasteiger partial charge on any atom is -0.465 e. The molecule has 3 nitrogen and oxygen atoms in total. The van der Waals surface area contributed by atoms with E-state index in [2.05, 4.69) is 0 Å². The van der Waals surface area contributed by atoms with Crippen molar-refractivity contribution in [2.45, 2.75) is 26.2 Å². The summed E-state index contributed by atoms with van der Waals surface area (Å²) in [4.78, 5) is 11.6. The van der Waals surface area contributed by atoms with Gasteiger partial charge in [0.05, 0.1) is 12.7 Å². The zero-order chi connectivity index (χ0) is 12.5. The molecule has 0 aliphatic carbocycles. The summed E-state index contributed by atoms with van der Waals surface area (Å²) in [5.41, 5.74) is 0.978. The monoisotopic (exact) mass is 231 g/mol. The van der Waals surface area contributed by atoms with E-state index in [0.717, 1.165) is 18.4 Å². The summed E-state index contributed by atoms with van der Waals surface area (Å²) < 4.78 is 5.05. The van der Waals surface area contributed by atoms with E-state index in [0.29, 0.717) is 13.0 Å². The standard InChI is InChI=1S/C14H17NO2/c1-2-3-9-17-14(16)13(11-15)10-12-7-5-4-6-8-12/h4-8,13H,2-3,9-10H2,1H3/t13-/m1/s1. The molecule has 3 heteroatoms. The molecular weight excluding hydrogens is 214 g/mol. The van der Waals surface area contributed by atoms with Gasteiger partial charge in [0.1, 0.15) is 5.92 Å². The van der Waals surface area contributed by atoms with Gasteiger partial charge < -0.3 is 4.74 Å². The first-order valence-electron chi connectivity index (χ1n) is 5.88. The summed E-state index contributed by atoms with van der Waals surface area (Å²) in [5, 5.41) is 8.96. The fraction of sp³-hybridized carbons (Fsp3) is 0.429. The molecule has 0 fully saturated rings. The quantitative estimate of drug-likeness (QED) is 0.558. The summed E-state index contributed by atoms with van der Waals surface area (Å²) in [7, 11) is 0. The molecule has 0 heterocycles. The van der Waals surface area contributed by atoms with Crippen LogP contribution in [0, 0.1) is 17.2 Å². The van der Waals surface area contributed by atoms with Crippen molar-refractivity contribution in [3.8, 4) is 6.07 Å². The fourth-order valence-electron chi connectivity index (χ4n) is 1.45. The zero-order valence-corrected chi connectivity index (χ0v) is 10.1. The predicted molar refractivity (Wildman–Crippen MR) is 65.1 cm³/mol. The highest BCUT2D eigenvalue weighted by atomic mass is 16.5. The number of nitriles is 1. The maximum absolute atomic E-state index is 11.6. The maximum Gasteiger partial charge on any atom is 0.323 e. The number of ether oxygens (including phenoxy) is 1. The van der Waals surface area contributed by atoms with Crippen LogP contribution >= 0.6 is 0 Å². The van der Waals surface area contributed by atoms with Crippen molar-refractivity contribution in [3.63, 3.8) is 0 Å². The maximum atomic E-state index is 11.6. The molecule has 1 aromatic rings. The number of esters is 1. The molecule has 1 aromatic carbocycles. The normalized spacial score (nSPS) is 11.5. The Kier molecular flexibility index (Phi) is 5.81. The van der Waals surface area contributed by atoms with Crippen LogP contribution in [0.15, 0.2) is 30.3 Å². The second-order valence-corrected chi connectivity index (χ2v) is 3.89. The van der Waals surface area contributed by atoms with Crippen molar-refractivity contribution in [3.05, 3.63) is 35.9 Å². The number of nitrogens with zero attached hydrogens (tertiary/aromatic N) is 1. The molecule has 90 valence electrons. The average molecular weight is 231 g/mol. The Morgan fingerprint density at radius 3 is 2.71 bits per heavy atom. The topological polar surface area (TPSA) is 50.1 Å². The third-order valence-corrected chi connectivity index (χ3v) is 2.47. The average Bonchev–Trinajstić information content (AvgIpc) is 2.37. The van der Waals surface area contributed by atoms with Gasteiger partial charge in [0.2, 0.25) is 0 Å². The van der Waals surface area contributed by atoms with Crippen LogP contribution in [-0.2, 0) is 16.0 Å². The predicted octanol–water partition coefficient (Wildman–Crippen LogP) is 2.71. The number of hydrogen-bond acceptors (Lipinski definition) is 3. The SMILES string of the molecule is CCCCOC(=O)[C@@H](C#N)Cc1ccccc1. The van der Waals surface area contributed by atoms with E-state index < -0.39 is 11.9 Å². The Labute approximate surface area is 102 Å². The Hall–Kier alpha value is -1.82. The molecule has 17 heavy (non-hydrogen) atoms. The van der Waals surface area contributed by atoms with Crippen molar-refractivity contribution < 1.29 is 9.53 Å². The van der Waals surface area contributed by atoms with Crippen LogP contribution in [0.25, 0.3) is 0 Å². The van der Waals surface area contributed by atoms with Gasteiger partial charge in [-0.2, -0.15) is 5.26 Å². The van der Waals surface area contributed by atoms with E-state index in [1.807, 2.05) is 43.3 Å². The Morgan fingerprint density at radius 1 is 1.41 bits per heavy atom. The molecule has 1 rings (SSSR count). The summed E-state index contributed by atoms with van der Waals surface area (Å²) in [6.07, 6.45) is 2.24. The second-order valence-electron chi connectivity index (χ2n) is 3.89. The minimum atomic E-state index is -0.700. The summed E-state index contributed by atoms with van der Waals surface area (Å²) in [5.74, 6) is -1.11. The van der Waals surface area contributed by atoms with Gasteiger partial charge in [-0.15, -0.1) is 0 Å². The highest BCUT2D eigenvalue weighted by molar-refractivity contribution is 5.75. The first kappa shape index (κ1) is 13.2. The molecule has 0 N–H and O–H groups in total. The van der Waals surface area contributed by atoms with Gasteiger partial charge >= 0.3 is 5.97 Å². The van der Waals surface area contributed by atoms with Crippen molar-refractivity contribution in [2.24, 2.45) is 5.92 Å². The number of unbranched alkanes of at least 4 members (excludes halogenated alkanes) is 1.